The number of fused-ring (bicyclic) bond motifs is 1. The minimum Gasteiger partial charge on any atom is -0.323 e. The van der Waals surface area contributed by atoms with Gasteiger partial charge in [-0.15, -0.1) is 0 Å². The van der Waals surface area contributed by atoms with Crippen LogP contribution < -0.4 is 4.90 Å². The summed E-state index contributed by atoms with van der Waals surface area (Å²) in [7, 11) is 0. The van der Waals surface area contributed by atoms with Gasteiger partial charge in [0.25, 0.3) is 0 Å². The predicted octanol–water partition coefficient (Wildman–Crippen LogP) is 5.12. The van der Waals surface area contributed by atoms with Crippen LogP contribution in [-0.4, -0.2) is 12.6 Å². The number of amidine groups is 1. The summed E-state index contributed by atoms with van der Waals surface area (Å²) < 4.78 is 0. The van der Waals surface area contributed by atoms with Gasteiger partial charge in [0.1, 0.15) is 5.84 Å². The SMILES string of the molecule is C=Nc1ccccc1N1Cc2ccccc2N=C1C(C)(C)C. The number of aliphatic imine (C=N–C) groups is 2. The highest BCUT2D eigenvalue weighted by Gasteiger charge is 2.30. The van der Waals surface area contributed by atoms with Crippen molar-refractivity contribution in [2.45, 2.75) is 27.3 Å². The van der Waals surface area contributed by atoms with Crippen molar-refractivity contribution >= 4 is 29.6 Å². The maximum Gasteiger partial charge on any atom is 0.115 e. The third-order valence-corrected chi connectivity index (χ3v) is 3.82. The van der Waals surface area contributed by atoms with Crippen LogP contribution in [-0.2, 0) is 6.54 Å². The van der Waals surface area contributed by atoms with Gasteiger partial charge in [0.05, 0.1) is 23.6 Å². The van der Waals surface area contributed by atoms with E-state index in [2.05, 4.69) is 61.6 Å². The maximum atomic E-state index is 4.93. The molecule has 0 N–H and O–H groups in total. The molecule has 0 spiro atoms. The Bertz CT molecular complexity index is 738. The minimum absolute atomic E-state index is 0.0538. The molecule has 1 aliphatic rings. The fraction of sp³-hybridized carbons (Fsp3) is 0.263. The smallest absolute Gasteiger partial charge is 0.115 e. The molecule has 112 valence electrons. The van der Waals surface area contributed by atoms with Crippen LogP contribution in [0, 0.1) is 5.41 Å². The average Bonchev–Trinajstić information content (AvgIpc) is 2.52. The molecule has 0 aliphatic carbocycles. The molecule has 0 fully saturated rings. The van der Waals surface area contributed by atoms with E-state index in [1.54, 1.807) is 0 Å². The summed E-state index contributed by atoms with van der Waals surface area (Å²) in [6, 6.07) is 16.4. The molecule has 0 saturated heterocycles. The molecule has 0 amide bonds. The van der Waals surface area contributed by atoms with Crippen LogP contribution in [0.1, 0.15) is 26.3 Å². The fourth-order valence-corrected chi connectivity index (χ4v) is 2.77. The van der Waals surface area contributed by atoms with Crippen molar-refractivity contribution in [1.29, 1.82) is 0 Å². The molecule has 0 aromatic heterocycles. The van der Waals surface area contributed by atoms with Gasteiger partial charge in [-0.05, 0) is 30.5 Å². The molecule has 0 saturated carbocycles. The third kappa shape index (κ3) is 2.54. The maximum absolute atomic E-state index is 4.93. The van der Waals surface area contributed by atoms with Crippen molar-refractivity contribution in [2.75, 3.05) is 4.90 Å². The Kier molecular flexibility index (Phi) is 3.57. The number of anilines is 1. The van der Waals surface area contributed by atoms with Crippen molar-refractivity contribution in [1.82, 2.24) is 0 Å². The Labute approximate surface area is 132 Å². The number of nitrogens with zero attached hydrogens (tertiary/aromatic N) is 3. The second kappa shape index (κ2) is 5.41. The first-order valence-electron chi connectivity index (χ1n) is 7.51. The molecule has 3 heteroatoms. The van der Waals surface area contributed by atoms with Crippen molar-refractivity contribution in [3.63, 3.8) is 0 Å². The van der Waals surface area contributed by atoms with Gasteiger partial charge < -0.3 is 4.90 Å². The van der Waals surface area contributed by atoms with Crippen molar-refractivity contribution in [3.05, 3.63) is 54.1 Å². The molecule has 0 bridgehead atoms. The molecular formula is C19H21N3. The molecule has 2 aromatic rings. The Morgan fingerprint density at radius 1 is 1.05 bits per heavy atom. The molecule has 3 rings (SSSR count). The highest BCUT2D eigenvalue weighted by atomic mass is 15.2. The molecule has 0 unspecified atom stereocenters. The van der Waals surface area contributed by atoms with Gasteiger partial charge in [-0.1, -0.05) is 51.1 Å². The Balaban J connectivity index is 2.17. The zero-order valence-corrected chi connectivity index (χ0v) is 13.4. The summed E-state index contributed by atoms with van der Waals surface area (Å²) >= 11 is 0. The van der Waals surface area contributed by atoms with Crippen LogP contribution in [0.15, 0.2) is 58.5 Å². The van der Waals surface area contributed by atoms with E-state index in [-0.39, 0.29) is 5.41 Å². The Morgan fingerprint density at radius 3 is 2.45 bits per heavy atom. The summed E-state index contributed by atoms with van der Waals surface area (Å²) in [4.78, 5) is 11.4. The zero-order chi connectivity index (χ0) is 15.7. The second-order valence-electron chi connectivity index (χ2n) is 6.55. The monoisotopic (exact) mass is 291 g/mol. The van der Waals surface area contributed by atoms with Gasteiger partial charge >= 0.3 is 0 Å². The standard InChI is InChI=1S/C19H21N3/c1-19(2,3)18-21-15-10-6-5-9-14(15)13-22(18)17-12-8-7-11-16(17)20-4/h5-12H,4,13H2,1-3H3. The molecule has 1 heterocycles. The quantitative estimate of drug-likeness (QED) is 0.706. The largest absolute Gasteiger partial charge is 0.323 e. The Morgan fingerprint density at radius 2 is 1.73 bits per heavy atom. The van der Waals surface area contributed by atoms with E-state index in [0.29, 0.717) is 0 Å². The summed E-state index contributed by atoms with van der Waals surface area (Å²) in [5.74, 6) is 1.06. The lowest BCUT2D eigenvalue weighted by atomic mass is 9.91. The summed E-state index contributed by atoms with van der Waals surface area (Å²) in [5, 5.41) is 0. The number of para-hydroxylation sites is 3. The molecule has 2 aromatic carbocycles. The lowest BCUT2D eigenvalue weighted by Gasteiger charge is -2.37. The minimum atomic E-state index is -0.0538. The van der Waals surface area contributed by atoms with Gasteiger partial charge in [0.2, 0.25) is 0 Å². The first-order chi connectivity index (χ1) is 10.5. The summed E-state index contributed by atoms with van der Waals surface area (Å²) in [6.45, 7) is 11.1. The lowest BCUT2D eigenvalue weighted by Crippen LogP contribution is -2.41. The normalized spacial score (nSPS) is 14.3. The van der Waals surface area contributed by atoms with E-state index in [1.807, 2.05) is 24.3 Å². The highest BCUT2D eigenvalue weighted by molar-refractivity contribution is 6.05. The van der Waals surface area contributed by atoms with E-state index in [0.717, 1.165) is 29.4 Å². The molecule has 22 heavy (non-hydrogen) atoms. The molecular weight excluding hydrogens is 270 g/mol. The number of rotatable bonds is 2. The van der Waals surface area contributed by atoms with Gasteiger partial charge in [-0.3, -0.25) is 4.99 Å². The Hall–Kier alpha value is -2.42. The highest BCUT2D eigenvalue weighted by Crippen LogP contribution is 2.38. The fourth-order valence-electron chi connectivity index (χ4n) is 2.77. The van der Waals surface area contributed by atoms with Crippen molar-refractivity contribution in [2.24, 2.45) is 15.4 Å². The first-order valence-corrected chi connectivity index (χ1v) is 7.51. The van der Waals surface area contributed by atoms with Crippen LogP contribution in [0.4, 0.5) is 17.1 Å². The van der Waals surface area contributed by atoms with Crippen LogP contribution in [0.25, 0.3) is 0 Å². The van der Waals surface area contributed by atoms with Gasteiger partial charge in [-0.25, -0.2) is 4.99 Å². The van der Waals surface area contributed by atoms with Crippen LogP contribution in [0.2, 0.25) is 0 Å². The van der Waals surface area contributed by atoms with E-state index >= 15 is 0 Å². The number of hydrogen-bond acceptors (Lipinski definition) is 3. The molecule has 0 radical (unpaired) electrons. The van der Waals surface area contributed by atoms with Crippen LogP contribution >= 0.6 is 0 Å². The predicted molar refractivity (Wildman–Crippen MR) is 94.8 cm³/mol. The third-order valence-electron chi connectivity index (χ3n) is 3.82. The first kappa shape index (κ1) is 14.5. The zero-order valence-electron chi connectivity index (χ0n) is 13.4. The number of benzene rings is 2. The van der Waals surface area contributed by atoms with Crippen LogP contribution in [0.5, 0.6) is 0 Å². The van der Waals surface area contributed by atoms with Crippen LogP contribution in [0.3, 0.4) is 0 Å². The van der Waals surface area contributed by atoms with E-state index < -0.39 is 0 Å². The lowest BCUT2D eigenvalue weighted by molar-refractivity contribution is 0.573. The van der Waals surface area contributed by atoms with Gasteiger partial charge in [0, 0.05) is 5.41 Å². The molecule has 1 aliphatic heterocycles. The van der Waals surface area contributed by atoms with Crippen molar-refractivity contribution < 1.29 is 0 Å². The van der Waals surface area contributed by atoms with Crippen molar-refractivity contribution in [3.8, 4) is 0 Å². The molecule has 0 atom stereocenters. The van der Waals surface area contributed by atoms with E-state index in [4.69, 9.17) is 4.99 Å². The van der Waals surface area contributed by atoms with Gasteiger partial charge in [-0.2, -0.15) is 0 Å². The number of hydrogen-bond donors (Lipinski definition) is 0. The summed E-state index contributed by atoms with van der Waals surface area (Å²) in [6.07, 6.45) is 0. The average molecular weight is 291 g/mol. The second-order valence-corrected chi connectivity index (χ2v) is 6.55. The topological polar surface area (TPSA) is 28.0 Å². The van der Waals surface area contributed by atoms with Gasteiger partial charge in [0.15, 0.2) is 0 Å². The summed E-state index contributed by atoms with van der Waals surface area (Å²) in [5.41, 5.74) is 4.18. The van der Waals surface area contributed by atoms with E-state index in [1.165, 1.54) is 5.56 Å². The van der Waals surface area contributed by atoms with E-state index in [9.17, 15) is 0 Å². The molecule has 3 nitrogen and oxygen atoms in total.